The van der Waals surface area contributed by atoms with Gasteiger partial charge in [-0.05, 0) is 36.8 Å². The van der Waals surface area contributed by atoms with Crippen LogP contribution in [0.5, 0.6) is 0 Å². The molecule has 0 spiro atoms. The average Bonchev–Trinajstić information content (AvgIpc) is 3.12. The second-order valence-corrected chi connectivity index (χ2v) is 5.95. The van der Waals surface area contributed by atoms with Crippen LogP contribution in [-0.2, 0) is 4.79 Å². The van der Waals surface area contributed by atoms with Crippen molar-refractivity contribution in [3.05, 3.63) is 72.1 Å². The van der Waals surface area contributed by atoms with Crippen LogP contribution in [0, 0.1) is 6.92 Å². The lowest BCUT2D eigenvalue weighted by Crippen LogP contribution is -2.31. The van der Waals surface area contributed by atoms with Gasteiger partial charge in [0.1, 0.15) is 6.67 Å². The summed E-state index contributed by atoms with van der Waals surface area (Å²) in [5, 5.41) is 1.88. The van der Waals surface area contributed by atoms with Crippen LogP contribution in [0.3, 0.4) is 0 Å². The van der Waals surface area contributed by atoms with E-state index in [1.807, 2.05) is 11.4 Å². The third-order valence-electron chi connectivity index (χ3n) is 4.13. The van der Waals surface area contributed by atoms with Crippen molar-refractivity contribution in [1.82, 2.24) is 4.90 Å². The highest BCUT2D eigenvalue weighted by molar-refractivity contribution is 5.97. The lowest BCUT2D eigenvalue weighted by atomic mass is 10.1. The van der Waals surface area contributed by atoms with Crippen LogP contribution < -0.4 is 10.2 Å². The Balaban J connectivity index is 1.77. The Morgan fingerprint density at radius 2 is 1.70 bits per heavy atom. The Kier molecular flexibility index (Phi) is 4.89. The fourth-order valence-corrected chi connectivity index (χ4v) is 2.72. The van der Waals surface area contributed by atoms with Crippen molar-refractivity contribution < 1.29 is 22.8 Å². The molecule has 2 aromatic carbocycles. The van der Waals surface area contributed by atoms with Crippen molar-refractivity contribution in [1.29, 1.82) is 0 Å². The van der Waals surface area contributed by atoms with E-state index in [9.17, 15) is 22.8 Å². The van der Waals surface area contributed by atoms with E-state index in [4.69, 9.17) is 0 Å². The highest BCUT2D eigenvalue weighted by Crippen LogP contribution is 2.30. The quantitative estimate of drug-likeness (QED) is 0.886. The molecule has 0 atom stereocenters. The van der Waals surface area contributed by atoms with Crippen molar-refractivity contribution in [3.8, 4) is 0 Å². The zero-order valence-electron chi connectivity index (χ0n) is 14.3. The molecule has 1 heterocycles. The lowest BCUT2D eigenvalue weighted by molar-refractivity contribution is -0.167. The van der Waals surface area contributed by atoms with Gasteiger partial charge in [-0.2, -0.15) is 13.2 Å². The maximum Gasteiger partial charge on any atom is 0.471 e. The molecule has 8 heteroatoms. The number of amides is 2. The minimum Gasteiger partial charge on any atom is -0.328 e. The van der Waals surface area contributed by atoms with Crippen molar-refractivity contribution in [2.24, 2.45) is 0 Å². The van der Waals surface area contributed by atoms with Gasteiger partial charge in [0.05, 0.1) is 0 Å². The largest absolute Gasteiger partial charge is 0.471 e. The second kappa shape index (κ2) is 7.14. The predicted octanol–water partition coefficient (Wildman–Crippen LogP) is 3.89. The molecule has 0 aromatic heterocycles. The minimum absolute atomic E-state index is 0.0658. The van der Waals surface area contributed by atoms with E-state index in [-0.39, 0.29) is 18.3 Å². The third-order valence-corrected chi connectivity index (χ3v) is 4.13. The molecule has 0 radical (unpaired) electrons. The summed E-state index contributed by atoms with van der Waals surface area (Å²) in [7, 11) is 0. The van der Waals surface area contributed by atoms with E-state index < -0.39 is 12.1 Å². The number of halogens is 3. The van der Waals surface area contributed by atoms with Crippen LogP contribution in [0.25, 0.3) is 0 Å². The molecular formula is C19H16F3N3O2. The SMILES string of the molecule is Cc1c(NC(=O)C(F)(F)F)cccc1N1C=CN(C(=O)c2ccccc2)C1. The zero-order chi connectivity index (χ0) is 19.6. The van der Waals surface area contributed by atoms with Gasteiger partial charge in [0.15, 0.2) is 0 Å². The Labute approximate surface area is 153 Å². The van der Waals surface area contributed by atoms with Crippen LogP contribution >= 0.6 is 0 Å². The first-order chi connectivity index (χ1) is 12.8. The molecule has 1 aliphatic rings. The maximum absolute atomic E-state index is 12.5. The van der Waals surface area contributed by atoms with E-state index >= 15 is 0 Å². The molecule has 27 heavy (non-hydrogen) atoms. The molecular weight excluding hydrogens is 359 g/mol. The van der Waals surface area contributed by atoms with Crippen molar-refractivity contribution in [2.45, 2.75) is 13.1 Å². The second-order valence-electron chi connectivity index (χ2n) is 5.95. The van der Waals surface area contributed by atoms with E-state index in [0.717, 1.165) is 0 Å². The van der Waals surface area contributed by atoms with Crippen LogP contribution in [0.4, 0.5) is 24.5 Å². The predicted molar refractivity (Wildman–Crippen MR) is 95.0 cm³/mol. The number of anilines is 2. The highest BCUT2D eigenvalue weighted by atomic mass is 19.4. The molecule has 5 nitrogen and oxygen atoms in total. The number of hydrogen-bond acceptors (Lipinski definition) is 3. The molecule has 0 bridgehead atoms. The molecule has 1 aliphatic heterocycles. The topological polar surface area (TPSA) is 52.7 Å². The normalized spacial score (nSPS) is 13.8. The van der Waals surface area contributed by atoms with Crippen LogP contribution in [0.15, 0.2) is 60.9 Å². The van der Waals surface area contributed by atoms with E-state index in [1.54, 1.807) is 60.6 Å². The van der Waals surface area contributed by atoms with Crippen LogP contribution in [0.1, 0.15) is 15.9 Å². The summed E-state index contributed by atoms with van der Waals surface area (Å²) >= 11 is 0. The molecule has 2 aromatic rings. The number of alkyl halides is 3. The fourth-order valence-electron chi connectivity index (χ4n) is 2.72. The van der Waals surface area contributed by atoms with Crippen LogP contribution in [-0.4, -0.2) is 29.6 Å². The monoisotopic (exact) mass is 375 g/mol. The Hall–Kier alpha value is -3.29. The van der Waals surface area contributed by atoms with Crippen LogP contribution in [0.2, 0.25) is 0 Å². The smallest absolute Gasteiger partial charge is 0.328 e. The lowest BCUT2D eigenvalue weighted by Gasteiger charge is -2.23. The van der Waals surface area contributed by atoms with Gasteiger partial charge in [-0.25, -0.2) is 0 Å². The number of rotatable bonds is 3. The van der Waals surface area contributed by atoms with Crippen molar-refractivity contribution >= 4 is 23.2 Å². The highest BCUT2D eigenvalue weighted by Gasteiger charge is 2.39. The number of benzene rings is 2. The molecule has 0 saturated heterocycles. The van der Waals surface area contributed by atoms with E-state index in [2.05, 4.69) is 0 Å². The van der Waals surface area contributed by atoms with Gasteiger partial charge in [-0.3, -0.25) is 14.5 Å². The summed E-state index contributed by atoms with van der Waals surface area (Å²) < 4.78 is 37.5. The van der Waals surface area contributed by atoms with Gasteiger partial charge in [-0.1, -0.05) is 24.3 Å². The Morgan fingerprint density at radius 3 is 2.37 bits per heavy atom. The average molecular weight is 375 g/mol. The number of carbonyl (C=O) groups excluding carboxylic acids is 2. The number of nitrogens with one attached hydrogen (secondary N) is 1. The van der Waals surface area contributed by atoms with Gasteiger partial charge in [-0.15, -0.1) is 0 Å². The van der Waals surface area contributed by atoms with Gasteiger partial charge >= 0.3 is 12.1 Å². The van der Waals surface area contributed by atoms with Gasteiger partial charge in [0.25, 0.3) is 5.91 Å². The summed E-state index contributed by atoms with van der Waals surface area (Å²) in [6.07, 6.45) is -1.69. The number of hydrogen-bond donors (Lipinski definition) is 1. The number of carbonyl (C=O) groups is 2. The molecule has 2 amide bonds. The summed E-state index contributed by atoms with van der Waals surface area (Å²) in [5.74, 6) is -2.21. The first kappa shape index (κ1) is 18.5. The van der Waals surface area contributed by atoms with Gasteiger partial charge in [0.2, 0.25) is 0 Å². The Bertz CT molecular complexity index is 895. The first-order valence-electron chi connectivity index (χ1n) is 8.06. The third kappa shape index (κ3) is 3.94. The molecule has 140 valence electrons. The molecule has 1 N–H and O–H groups in total. The molecule has 3 rings (SSSR count). The zero-order valence-corrected chi connectivity index (χ0v) is 14.3. The summed E-state index contributed by atoms with van der Waals surface area (Å²) in [5.41, 5.74) is 1.66. The summed E-state index contributed by atoms with van der Waals surface area (Å²) in [6, 6.07) is 13.4. The van der Waals surface area contributed by atoms with Gasteiger partial charge in [0, 0.05) is 29.3 Å². The van der Waals surface area contributed by atoms with E-state index in [0.29, 0.717) is 16.8 Å². The summed E-state index contributed by atoms with van der Waals surface area (Å²) in [6.45, 7) is 1.82. The standard InChI is InChI=1S/C19H16F3N3O2/c1-13-15(23-18(27)19(20,21)22)8-5-9-16(13)24-10-11-25(12-24)17(26)14-6-3-2-4-7-14/h2-11H,12H2,1H3,(H,23,27). The molecule has 0 fully saturated rings. The molecule has 0 saturated carbocycles. The van der Waals surface area contributed by atoms with E-state index in [1.165, 1.54) is 11.0 Å². The molecule has 0 unspecified atom stereocenters. The molecule has 0 aliphatic carbocycles. The van der Waals surface area contributed by atoms with Crippen molar-refractivity contribution in [3.63, 3.8) is 0 Å². The summed E-state index contributed by atoms with van der Waals surface area (Å²) in [4.78, 5) is 26.9. The fraction of sp³-hybridized carbons (Fsp3) is 0.158. The van der Waals surface area contributed by atoms with Crippen molar-refractivity contribution in [2.75, 3.05) is 16.9 Å². The minimum atomic E-state index is -4.96. The number of nitrogens with zero attached hydrogens (tertiary/aromatic N) is 2. The first-order valence-corrected chi connectivity index (χ1v) is 8.06. The van der Waals surface area contributed by atoms with Gasteiger partial charge < -0.3 is 10.2 Å². The Morgan fingerprint density at radius 1 is 1.00 bits per heavy atom. The maximum atomic E-state index is 12.5.